The monoisotopic (exact) mass is 279 g/mol. The number of hydrogen-bond donors (Lipinski definition) is 2. The van der Waals surface area contributed by atoms with Gasteiger partial charge in [0.1, 0.15) is 6.04 Å². The number of nitrogens with zero attached hydrogens (tertiary/aromatic N) is 1. The molecule has 1 rings (SSSR count). The summed E-state index contributed by atoms with van der Waals surface area (Å²) in [6.07, 6.45) is 0. The van der Waals surface area contributed by atoms with Crippen molar-refractivity contribution in [1.82, 2.24) is 4.90 Å². The number of anilines is 1. The standard InChI is InChI=1S/C14H21N3O3/c1-10-4-6-11(7-5-10)16-13(18)8-17(2)14(19)12(15)9-20-3/h4-7,12H,8-9,15H2,1-3H3,(H,16,18). The number of carbonyl (C=O) groups is 2. The van der Waals surface area contributed by atoms with Gasteiger partial charge < -0.3 is 20.7 Å². The van der Waals surface area contributed by atoms with Crippen LogP contribution in [0.2, 0.25) is 0 Å². The molecule has 0 aliphatic carbocycles. The summed E-state index contributed by atoms with van der Waals surface area (Å²) in [5.74, 6) is -0.597. The molecule has 2 amide bonds. The van der Waals surface area contributed by atoms with Crippen LogP contribution in [0, 0.1) is 6.92 Å². The first-order valence-electron chi connectivity index (χ1n) is 6.30. The number of ether oxygens (including phenoxy) is 1. The molecule has 1 unspecified atom stereocenters. The van der Waals surface area contributed by atoms with Crippen molar-refractivity contribution in [3.05, 3.63) is 29.8 Å². The Kier molecular flexibility index (Phi) is 6.14. The van der Waals surface area contributed by atoms with E-state index in [0.29, 0.717) is 5.69 Å². The van der Waals surface area contributed by atoms with E-state index in [-0.39, 0.29) is 25.0 Å². The summed E-state index contributed by atoms with van der Waals surface area (Å²) >= 11 is 0. The Labute approximate surface area is 118 Å². The van der Waals surface area contributed by atoms with Crippen LogP contribution < -0.4 is 11.1 Å². The van der Waals surface area contributed by atoms with E-state index in [9.17, 15) is 9.59 Å². The van der Waals surface area contributed by atoms with Crippen LogP contribution in [0.4, 0.5) is 5.69 Å². The Hall–Kier alpha value is -1.92. The van der Waals surface area contributed by atoms with E-state index in [1.54, 1.807) is 0 Å². The lowest BCUT2D eigenvalue weighted by Gasteiger charge is -2.20. The zero-order chi connectivity index (χ0) is 15.1. The molecule has 20 heavy (non-hydrogen) atoms. The van der Waals surface area contributed by atoms with Crippen LogP contribution in [0.5, 0.6) is 0 Å². The van der Waals surface area contributed by atoms with Gasteiger partial charge in [0.15, 0.2) is 0 Å². The van der Waals surface area contributed by atoms with Crippen LogP contribution in [0.25, 0.3) is 0 Å². The normalized spacial score (nSPS) is 11.8. The van der Waals surface area contributed by atoms with Crippen molar-refractivity contribution in [2.45, 2.75) is 13.0 Å². The lowest BCUT2D eigenvalue weighted by Crippen LogP contribution is -2.46. The third-order valence-electron chi connectivity index (χ3n) is 2.76. The Bertz CT molecular complexity index is 459. The van der Waals surface area contributed by atoms with Gasteiger partial charge in [0.05, 0.1) is 13.2 Å². The number of nitrogens with one attached hydrogen (secondary N) is 1. The smallest absolute Gasteiger partial charge is 0.243 e. The maximum absolute atomic E-state index is 11.8. The molecule has 1 aromatic carbocycles. The molecule has 0 heterocycles. The average molecular weight is 279 g/mol. The number of nitrogens with two attached hydrogens (primary N) is 1. The number of methoxy groups -OCH3 is 1. The maximum Gasteiger partial charge on any atom is 0.243 e. The predicted octanol–water partition coefficient (Wildman–Crippen LogP) is 0.366. The van der Waals surface area contributed by atoms with E-state index in [1.807, 2.05) is 31.2 Å². The highest BCUT2D eigenvalue weighted by Crippen LogP contribution is 2.08. The molecule has 3 N–H and O–H groups in total. The highest BCUT2D eigenvalue weighted by Gasteiger charge is 2.19. The minimum Gasteiger partial charge on any atom is -0.383 e. The Morgan fingerprint density at radius 2 is 1.95 bits per heavy atom. The lowest BCUT2D eigenvalue weighted by atomic mass is 10.2. The van der Waals surface area contributed by atoms with Crippen LogP contribution in [0.15, 0.2) is 24.3 Å². The molecule has 0 radical (unpaired) electrons. The molecule has 0 fully saturated rings. The second kappa shape index (κ2) is 7.62. The fourth-order valence-corrected chi connectivity index (χ4v) is 1.66. The van der Waals surface area contributed by atoms with Gasteiger partial charge in [0, 0.05) is 19.8 Å². The number of rotatable bonds is 6. The van der Waals surface area contributed by atoms with Crippen molar-refractivity contribution in [2.75, 3.05) is 32.6 Å². The third-order valence-corrected chi connectivity index (χ3v) is 2.76. The molecule has 0 aliphatic rings. The van der Waals surface area contributed by atoms with Crippen LogP contribution in [-0.2, 0) is 14.3 Å². The molecule has 0 saturated heterocycles. The van der Waals surface area contributed by atoms with Crippen molar-refractivity contribution >= 4 is 17.5 Å². The average Bonchev–Trinajstić information content (AvgIpc) is 2.40. The molecular formula is C14H21N3O3. The highest BCUT2D eigenvalue weighted by molar-refractivity contribution is 5.95. The summed E-state index contributed by atoms with van der Waals surface area (Å²) in [5, 5.41) is 2.72. The number of amides is 2. The molecule has 0 saturated carbocycles. The number of hydrogen-bond acceptors (Lipinski definition) is 4. The zero-order valence-corrected chi connectivity index (χ0v) is 12.1. The van der Waals surface area contributed by atoms with Gasteiger partial charge in [0.2, 0.25) is 11.8 Å². The second-order valence-corrected chi connectivity index (χ2v) is 4.67. The summed E-state index contributed by atoms with van der Waals surface area (Å²) in [4.78, 5) is 24.9. The maximum atomic E-state index is 11.8. The van der Waals surface area contributed by atoms with Gasteiger partial charge >= 0.3 is 0 Å². The molecule has 0 spiro atoms. The van der Waals surface area contributed by atoms with Gasteiger partial charge in [0.25, 0.3) is 0 Å². The largest absolute Gasteiger partial charge is 0.383 e. The van der Waals surface area contributed by atoms with Gasteiger partial charge in [-0.15, -0.1) is 0 Å². The molecule has 0 aromatic heterocycles. The molecular weight excluding hydrogens is 258 g/mol. The van der Waals surface area contributed by atoms with E-state index in [1.165, 1.54) is 19.1 Å². The molecule has 110 valence electrons. The van der Waals surface area contributed by atoms with Gasteiger partial charge in [-0.05, 0) is 19.1 Å². The lowest BCUT2D eigenvalue weighted by molar-refractivity contribution is -0.135. The van der Waals surface area contributed by atoms with E-state index in [0.717, 1.165) is 5.56 Å². The molecule has 6 nitrogen and oxygen atoms in total. The number of aryl methyl sites for hydroxylation is 1. The summed E-state index contributed by atoms with van der Waals surface area (Å²) in [7, 11) is 3.00. The predicted molar refractivity (Wildman–Crippen MR) is 77.3 cm³/mol. The fourth-order valence-electron chi connectivity index (χ4n) is 1.66. The van der Waals surface area contributed by atoms with Gasteiger partial charge in [-0.2, -0.15) is 0 Å². The zero-order valence-electron chi connectivity index (χ0n) is 12.1. The molecule has 1 atom stereocenters. The van der Waals surface area contributed by atoms with Crippen LogP contribution in [0.3, 0.4) is 0 Å². The topological polar surface area (TPSA) is 84.7 Å². The first-order valence-corrected chi connectivity index (χ1v) is 6.30. The number of carbonyl (C=O) groups excluding carboxylic acids is 2. The van der Waals surface area contributed by atoms with Crippen molar-refractivity contribution in [3.63, 3.8) is 0 Å². The fraction of sp³-hybridized carbons (Fsp3) is 0.429. The Morgan fingerprint density at radius 1 is 1.35 bits per heavy atom. The van der Waals surface area contributed by atoms with Crippen LogP contribution >= 0.6 is 0 Å². The van der Waals surface area contributed by atoms with Crippen molar-refractivity contribution in [2.24, 2.45) is 5.73 Å². The van der Waals surface area contributed by atoms with Crippen molar-refractivity contribution in [3.8, 4) is 0 Å². The minimum atomic E-state index is -0.753. The summed E-state index contributed by atoms with van der Waals surface area (Å²) in [6.45, 7) is 2.04. The number of benzene rings is 1. The second-order valence-electron chi connectivity index (χ2n) is 4.67. The van der Waals surface area contributed by atoms with Crippen LogP contribution in [0.1, 0.15) is 5.56 Å². The first kappa shape index (κ1) is 16.1. The third kappa shape index (κ3) is 4.99. The quantitative estimate of drug-likeness (QED) is 0.787. The van der Waals surface area contributed by atoms with E-state index in [2.05, 4.69) is 5.32 Å². The summed E-state index contributed by atoms with van der Waals surface area (Å²) in [6, 6.07) is 6.67. The van der Waals surface area contributed by atoms with E-state index < -0.39 is 6.04 Å². The first-order chi connectivity index (χ1) is 9.43. The SMILES string of the molecule is COCC(N)C(=O)N(C)CC(=O)Nc1ccc(C)cc1. The molecule has 0 aliphatic heterocycles. The van der Waals surface area contributed by atoms with Crippen LogP contribution in [-0.4, -0.2) is 50.1 Å². The Balaban J connectivity index is 2.49. The van der Waals surface area contributed by atoms with E-state index in [4.69, 9.17) is 10.5 Å². The van der Waals surface area contributed by atoms with Crippen molar-refractivity contribution in [1.29, 1.82) is 0 Å². The van der Waals surface area contributed by atoms with E-state index >= 15 is 0 Å². The molecule has 0 bridgehead atoms. The number of likely N-dealkylation sites (N-methyl/N-ethyl adjacent to an activating group) is 1. The van der Waals surface area contributed by atoms with Crippen molar-refractivity contribution < 1.29 is 14.3 Å². The summed E-state index contributed by atoms with van der Waals surface area (Å²) in [5.41, 5.74) is 7.43. The molecule has 6 heteroatoms. The van der Waals surface area contributed by atoms with Gasteiger partial charge in [-0.3, -0.25) is 9.59 Å². The summed E-state index contributed by atoms with van der Waals surface area (Å²) < 4.78 is 4.81. The van der Waals surface area contributed by atoms with Gasteiger partial charge in [-0.1, -0.05) is 17.7 Å². The van der Waals surface area contributed by atoms with Gasteiger partial charge in [-0.25, -0.2) is 0 Å². The molecule has 1 aromatic rings. The highest BCUT2D eigenvalue weighted by atomic mass is 16.5. The minimum absolute atomic E-state index is 0.0515. The Morgan fingerprint density at radius 3 is 2.50 bits per heavy atom.